The van der Waals surface area contributed by atoms with Crippen LogP contribution in [0.5, 0.6) is 5.75 Å². The van der Waals surface area contributed by atoms with Crippen LogP contribution < -0.4 is 4.74 Å². The van der Waals surface area contributed by atoms with E-state index >= 15 is 0 Å². The first-order chi connectivity index (χ1) is 15.8. The van der Waals surface area contributed by atoms with Gasteiger partial charge in [0.05, 0.1) is 0 Å². The van der Waals surface area contributed by atoms with Crippen molar-refractivity contribution in [3.8, 4) is 5.75 Å². The lowest BCUT2D eigenvalue weighted by molar-refractivity contribution is 0.301. The average molecular weight is 429 g/mol. The molecule has 0 aliphatic rings. The number of rotatable bonds is 12. The molecule has 4 rings (SSSR count). The number of aryl methyl sites for hydroxylation is 2. The molecule has 0 spiro atoms. The maximum Gasteiger partial charge on any atom is 0.218 e. The summed E-state index contributed by atoms with van der Waals surface area (Å²) in [5, 5.41) is 4.13. The summed E-state index contributed by atoms with van der Waals surface area (Å²) in [4.78, 5) is 8.42. The zero-order valence-electron chi connectivity index (χ0n) is 18.1. The van der Waals surface area contributed by atoms with Crippen LogP contribution in [0.1, 0.15) is 48.4 Å². The van der Waals surface area contributed by atoms with Gasteiger partial charge in [-0.05, 0) is 48.6 Å². The van der Waals surface area contributed by atoms with E-state index in [1.165, 1.54) is 24.8 Å². The van der Waals surface area contributed by atoms with E-state index in [4.69, 9.17) is 9.15 Å². The van der Waals surface area contributed by atoms with E-state index in [0.717, 1.165) is 36.4 Å². The van der Waals surface area contributed by atoms with E-state index in [1.807, 2.05) is 59.3 Å². The van der Waals surface area contributed by atoms with E-state index in [2.05, 4.69) is 27.2 Å². The van der Waals surface area contributed by atoms with Gasteiger partial charge in [-0.25, -0.2) is 9.97 Å². The Kier molecular flexibility index (Phi) is 7.85. The quantitative estimate of drug-likeness (QED) is 0.266. The van der Waals surface area contributed by atoms with Gasteiger partial charge in [0.25, 0.3) is 0 Å². The van der Waals surface area contributed by atoms with Gasteiger partial charge < -0.3 is 9.15 Å². The van der Waals surface area contributed by atoms with Crippen LogP contribution in [0.25, 0.3) is 12.2 Å². The van der Waals surface area contributed by atoms with Crippen molar-refractivity contribution in [3.63, 3.8) is 0 Å². The van der Waals surface area contributed by atoms with Crippen molar-refractivity contribution in [2.75, 3.05) is 0 Å². The van der Waals surface area contributed by atoms with Crippen LogP contribution in [0, 0.1) is 0 Å². The van der Waals surface area contributed by atoms with Gasteiger partial charge in [0.1, 0.15) is 37.0 Å². The standard InChI is InChI=1S/C26H28N4O2/c1(2-7-17-30-21-27-20-28-30)4-10-23-11-14-25(15-12-23)31-18-24-19-32-26(29-24)16-13-22-8-5-3-6-9-22/h3,5-6,8-9,11-16,19-21H,1-2,4,7,10,17-18H2/b16-13+. The van der Waals surface area contributed by atoms with Crippen LogP contribution in [-0.4, -0.2) is 19.7 Å². The second-order valence-electron chi connectivity index (χ2n) is 7.68. The summed E-state index contributed by atoms with van der Waals surface area (Å²) >= 11 is 0. The van der Waals surface area contributed by atoms with Crippen LogP contribution in [0.4, 0.5) is 0 Å². The number of hydrogen-bond donors (Lipinski definition) is 0. The lowest BCUT2D eigenvalue weighted by Gasteiger charge is -2.06. The zero-order chi connectivity index (χ0) is 21.8. The molecule has 0 atom stereocenters. The molecule has 2 aromatic carbocycles. The number of oxazole rings is 1. The normalized spacial score (nSPS) is 11.2. The summed E-state index contributed by atoms with van der Waals surface area (Å²) in [5.74, 6) is 1.41. The van der Waals surface area contributed by atoms with Crippen molar-refractivity contribution >= 4 is 12.2 Å². The van der Waals surface area contributed by atoms with Gasteiger partial charge in [0.2, 0.25) is 5.89 Å². The molecule has 6 nitrogen and oxygen atoms in total. The van der Waals surface area contributed by atoms with Crippen molar-refractivity contribution in [2.45, 2.75) is 45.3 Å². The molecular weight excluding hydrogens is 400 g/mol. The summed E-state index contributed by atoms with van der Waals surface area (Å²) in [6, 6.07) is 18.4. The van der Waals surface area contributed by atoms with Gasteiger partial charge in [-0.2, -0.15) is 5.10 Å². The molecule has 32 heavy (non-hydrogen) atoms. The molecular formula is C26H28N4O2. The Morgan fingerprint density at radius 1 is 0.906 bits per heavy atom. The highest BCUT2D eigenvalue weighted by molar-refractivity contribution is 5.65. The maximum absolute atomic E-state index is 5.86. The third-order valence-electron chi connectivity index (χ3n) is 5.17. The van der Waals surface area contributed by atoms with E-state index in [1.54, 1.807) is 18.9 Å². The molecule has 4 aromatic rings. The number of hydrogen-bond acceptors (Lipinski definition) is 5. The SMILES string of the molecule is C(=C\c1nc(COc2ccc(CCCCCCn3cncn3)cc2)co1)/c1ccccc1. The third kappa shape index (κ3) is 6.94. The largest absolute Gasteiger partial charge is 0.487 e. The van der Waals surface area contributed by atoms with Crippen LogP contribution in [0.2, 0.25) is 0 Å². The van der Waals surface area contributed by atoms with Crippen LogP contribution in [-0.2, 0) is 19.6 Å². The van der Waals surface area contributed by atoms with Crippen LogP contribution >= 0.6 is 0 Å². The molecule has 0 N–H and O–H groups in total. The summed E-state index contributed by atoms with van der Waals surface area (Å²) in [6.45, 7) is 1.33. The Hall–Kier alpha value is -3.67. The molecule has 2 heterocycles. The summed E-state index contributed by atoms with van der Waals surface area (Å²) < 4.78 is 13.2. The second-order valence-corrected chi connectivity index (χ2v) is 7.68. The van der Waals surface area contributed by atoms with Gasteiger partial charge in [-0.1, -0.05) is 55.3 Å². The van der Waals surface area contributed by atoms with Crippen molar-refractivity contribution in [1.29, 1.82) is 0 Å². The topological polar surface area (TPSA) is 66.0 Å². The zero-order valence-corrected chi connectivity index (χ0v) is 18.1. The van der Waals surface area contributed by atoms with E-state index in [0.29, 0.717) is 12.5 Å². The number of benzene rings is 2. The molecule has 164 valence electrons. The number of unbranched alkanes of at least 4 members (excludes halogenated alkanes) is 3. The van der Waals surface area contributed by atoms with E-state index < -0.39 is 0 Å². The number of aromatic nitrogens is 4. The summed E-state index contributed by atoms with van der Waals surface area (Å²) in [7, 11) is 0. The molecule has 0 amide bonds. The van der Waals surface area contributed by atoms with Crippen molar-refractivity contribution < 1.29 is 9.15 Å². The third-order valence-corrected chi connectivity index (χ3v) is 5.17. The Morgan fingerprint density at radius 2 is 1.75 bits per heavy atom. The lowest BCUT2D eigenvalue weighted by Crippen LogP contribution is -1.98. The molecule has 0 saturated carbocycles. The smallest absolute Gasteiger partial charge is 0.218 e. The average Bonchev–Trinajstić information content (AvgIpc) is 3.52. The van der Waals surface area contributed by atoms with E-state index in [9.17, 15) is 0 Å². The van der Waals surface area contributed by atoms with Crippen LogP contribution in [0.3, 0.4) is 0 Å². The first kappa shape index (κ1) is 21.6. The first-order valence-corrected chi connectivity index (χ1v) is 11.1. The molecule has 0 aliphatic heterocycles. The second kappa shape index (κ2) is 11.6. The van der Waals surface area contributed by atoms with Crippen molar-refractivity contribution in [3.05, 3.63) is 96.2 Å². The molecule has 0 aliphatic carbocycles. The van der Waals surface area contributed by atoms with Gasteiger partial charge in [0, 0.05) is 12.6 Å². The van der Waals surface area contributed by atoms with Gasteiger partial charge >= 0.3 is 0 Å². The van der Waals surface area contributed by atoms with Crippen LogP contribution in [0.15, 0.2) is 77.9 Å². The fourth-order valence-electron chi connectivity index (χ4n) is 3.41. The van der Waals surface area contributed by atoms with Gasteiger partial charge in [-0.15, -0.1) is 0 Å². The maximum atomic E-state index is 5.86. The molecule has 0 unspecified atom stereocenters. The minimum absolute atomic E-state index is 0.383. The van der Waals surface area contributed by atoms with Crippen molar-refractivity contribution in [2.24, 2.45) is 0 Å². The minimum atomic E-state index is 0.383. The highest BCUT2D eigenvalue weighted by Crippen LogP contribution is 2.17. The molecule has 2 aromatic heterocycles. The Bertz CT molecular complexity index is 1070. The Labute approximate surface area is 188 Å². The molecule has 0 bridgehead atoms. The number of ether oxygens (including phenoxy) is 1. The molecule has 6 heteroatoms. The molecule has 0 radical (unpaired) electrons. The first-order valence-electron chi connectivity index (χ1n) is 11.1. The molecule has 0 fully saturated rings. The summed E-state index contributed by atoms with van der Waals surface area (Å²) in [6.07, 6.45) is 14.7. The van der Waals surface area contributed by atoms with Gasteiger partial charge in [-0.3, -0.25) is 4.68 Å². The predicted octanol–water partition coefficient (Wildman–Crippen LogP) is 5.82. The highest BCUT2D eigenvalue weighted by Gasteiger charge is 2.03. The minimum Gasteiger partial charge on any atom is -0.487 e. The molecule has 0 saturated heterocycles. The van der Waals surface area contributed by atoms with Gasteiger partial charge in [0.15, 0.2) is 0 Å². The van der Waals surface area contributed by atoms with E-state index in [-0.39, 0.29) is 0 Å². The Balaban J connectivity index is 1.14. The lowest BCUT2D eigenvalue weighted by atomic mass is 10.1. The van der Waals surface area contributed by atoms with Crippen molar-refractivity contribution in [1.82, 2.24) is 19.7 Å². The number of nitrogens with zero attached hydrogens (tertiary/aromatic N) is 4. The Morgan fingerprint density at radius 3 is 2.56 bits per heavy atom. The predicted molar refractivity (Wildman–Crippen MR) is 125 cm³/mol. The monoisotopic (exact) mass is 428 g/mol. The highest BCUT2D eigenvalue weighted by atomic mass is 16.5. The fraction of sp³-hybridized carbons (Fsp3) is 0.269. The summed E-state index contributed by atoms with van der Waals surface area (Å²) in [5.41, 5.74) is 3.21. The fourth-order valence-corrected chi connectivity index (χ4v) is 3.41.